The number of hydrogen-bond donors (Lipinski definition) is 1. The monoisotopic (exact) mass is 292 g/mol. The molecule has 0 unspecified atom stereocenters. The van der Waals surface area contributed by atoms with Crippen molar-refractivity contribution >= 4 is 5.91 Å². The average molecular weight is 292 g/mol. The van der Waals surface area contributed by atoms with Crippen LogP contribution in [-0.2, 0) is 11.3 Å². The number of methoxy groups -OCH3 is 1. The zero-order valence-electron chi connectivity index (χ0n) is 12.6. The molecule has 5 heteroatoms. The maximum Gasteiger partial charge on any atom is 0.260 e. The molecule has 116 valence electrons. The van der Waals surface area contributed by atoms with Gasteiger partial charge in [0, 0.05) is 25.2 Å². The zero-order chi connectivity index (χ0) is 15.1. The minimum atomic E-state index is 0.0516. The molecule has 0 saturated carbocycles. The number of carbonyl (C=O) groups is 1. The summed E-state index contributed by atoms with van der Waals surface area (Å²) in [4.78, 5) is 14.1. The maximum atomic E-state index is 12.2. The van der Waals surface area contributed by atoms with Crippen LogP contribution in [0.3, 0.4) is 0 Å². The van der Waals surface area contributed by atoms with Crippen LogP contribution in [0.15, 0.2) is 18.2 Å². The second kappa shape index (κ2) is 7.88. The van der Waals surface area contributed by atoms with Gasteiger partial charge in [0.2, 0.25) is 0 Å². The molecule has 1 amide bonds. The van der Waals surface area contributed by atoms with E-state index < -0.39 is 0 Å². The van der Waals surface area contributed by atoms with E-state index in [1.165, 1.54) is 12.8 Å². The van der Waals surface area contributed by atoms with Gasteiger partial charge in [0.05, 0.1) is 7.11 Å². The highest BCUT2D eigenvalue weighted by Crippen LogP contribution is 2.24. The standard InChI is InChI=1S/C16H24N2O3/c1-20-14-6-7-15(13(10-14)11-17)21-12-16(19)18-8-4-2-3-5-9-18/h6-7,10H,2-5,8-9,11-12,17H2,1H3. The summed E-state index contributed by atoms with van der Waals surface area (Å²) < 4.78 is 10.8. The largest absolute Gasteiger partial charge is 0.497 e. The fourth-order valence-electron chi connectivity index (χ4n) is 2.53. The minimum absolute atomic E-state index is 0.0516. The van der Waals surface area contributed by atoms with Gasteiger partial charge in [-0.1, -0.05) is 12.8 Å². The van der Waals surface area contributed by atoms with E-state index in [1.54, 1.807) is 13.2 Å². The Morgan fingerprint density at radius 2 is 1.95 bits per heavy atom. The van der Waals surface area contributed by atoms with Crippen molar-refractivity contribution in [1.29, 1.82) is 0 Å². The van der Waals surface area contributed by atoms with Crippen molar-refractivity contribution in [2.24, 2.45) is 5.73 Å². The molecular weight excluding hydrogens is 268 g/mol. The summed E-state index contributed by atoms with van der Waals surface area (Å²) in [5.41, 5.74) is 6.56. The minimum Gasteiger partial charge on any atom is -0.497 e. The highest BCUT2D eigenvalue weighted by atomic mass is 16.5. The first-order valence-electron chi connectivity index (χ1n) is 7.52. The number of benzene rings is 1. The quantitative estimate of drug-likeness (QED) is 0.900. The summed E-state index contributed by atoms with van der Waals surface area (Å²) >= 11 is 0. The Morgan fingerprint density at radius 3 is 2.57 bits per heavy atom. The fourth-order valence-corrected chi connectivity index (χ4v) is 2.53. The Morgan fingerprint density at radius 1 is 1.24 bits per heavy atom. The van der Waals surface area contributed by atoms with Gasteiger partial charge < -0.3 is 20.1 Å². The highest BCUT2D eigenvalue weighted by Gasteiger charge is 2.16. The van der Waals surface area contributed by atoms with Gasteiger partial charge in [-0.3, -0.25) is 4.79 Å². The first-order chi connectivity index (χ1) is 10.2. The number of nitrogens with zero attached hydrogens (tertiary/aromatic N) is 1. The Bertz CT molecular complexity index is 469. The summed E-state index contributed by atoms with van der Waals surface area (Å²) in [6.45, 7) is 2.10. The number of hydrogen-bond acceptors (Lipinski definition) is 4. The van der Waals surface area contributed by atoms with Gasteiger partial charge >= 0.3 is 0 Å². The topological polar surface area (TPSA) is 64.8 Å². The second-order valence-corrected chi connectivity index (χ2v) is 5.26. The number of likely N-dealkylation sites (tertiary alicyclic amines) is 1. The van der Waals surface area contributed by atoms with Crippen molar-refractivity contribution in [3.05, 3.63) is 23.8 Å². The molecule has 1 aliphatic rings. The SMILES string of the molecule is COc1ccc(OCC(=O)N2CCCCCC2)c(CN)c1. The summed E-state index contributed by atoms with van der Waals surface area (Å²) in [5.74, 6) is 1.44. The first-order valence-corrected chi connectivity index (χ1v) is 7.52. The Hall–Kier alpha value is -1.75. The third-order valence-corrected chi connectivity index (χ3v) is 3.80. The summed E-state index contributed by atoms with van der Waals surface area (Å²) in [6, 6.07) is 5.45. The van der Waals surface area contributed by atoms with Crippen LogP contribution < -0.4 is 15.2 Å². The number of ether oxygens (including phenoxy) is 2. The molecule has 0 spiro atoms. The van der Waals surface area contributed by atoms with E-state index in [-0.39, 0.29) is 12.5 Å². The lowest BCUT2D eigenvalue weighted by Crippen LogP contribution is -2.35. The molecule has 1 aromatic rings. The van der Waals surface area contributed by atoms with E-state index >= 15 is 0 Å². The van der Waals surface area contributed by atoms with Crippen LogP contribution in [0.4, 0.5) is 0 Å². The van der Waals surface area contributed by atoms with Gasteiger partial charge in [0.25, 0.3) is 5.91 Å². The lowest BCUT2D eigenvalue weighted by atomic mass is 10.2. The zero-order valence-corrected chi connectivity index (χ0v) is 12.6. The lowest BCUT2D eigenvalue weighted by molar-refractivity contribution is -0.133. The average Bonchev–Trinajstić information content (AvgIpc) is 2.81. The van der Waals surface area contributed by atoms with Gasteiger partial charge in [-0.05, 0) is 31.0 Å². The van der Waals surface area contributed by atoms with Crippen molar-refractivity contribution < 1.29 is 14.3 Å². The molecular formula is C16H24N2O3. The Kier molecular flexibility index (Phi) is 5.87. The van der Waals surface area contributed by atoms with Crippen LogP contribution in [-0.4, -0.2) is 37.6 Å². The van der Waals surface area contributed by atoms with E-state index in [1.807, 2.05) is 17.0 Å². The van der Waals surface area contributed by atoms with Gasteiger partial charge in [-0.25, -0.2) is 0 Å². The second-order valence-electron chi connectivity index (χ2n) is 5.26. The molecule has 1 heterocycles. The predicted octanol–water partition coefficient (Wildman–Crippen LogP) is 1.94. The van der Waals surface area contributed by atoms with Crippen LogP contribution >= 0.6 is 0 Å². The number of amides is 1. The molecule has 2 rings (SSSR count). The van der Waals surface area contributed by atoms with Crippen molar-refractivity contribution in [3.8, 4) is 11.5 Å². The van der Waals surface area contributed by atoms with Gasteiger partial charge in [0.1, 0.15) is 11.5 Å². The highest BCUT2D eigenvalue weighted by molar-refractivity contribution is 5.77. The van der Waals surface area contributed by atoms with Crippen LogP contribution in [0.5, 0.6) is 11.5 Å². The molecule has 0 bridgehead atoms. The van der Waals surface area contributed by atoms with E-state index in [2.05, 4.69) is 0 Å². The van der Waals surface area contributed by atoms with Gasteiger partial charge in [-0.2, -0.15) is 0 Å². The Balaban J connectivity index is 1.94. The van der Waals surface area contributed by atoms with Crippen molar-refractivity contribution in [2.75, 3.05) is 26.8 Å². The van der Waals surface area contributed by atoms with E-state index in [4.69, 9.17) is 15.2 Å². The van der Waals surface area contributed by atoms with E-state index in [0.717, 1.165) is 37.2 Å². The number of rotatable bonds is 5. The third kappa shape index (κ3) is 4.36. The summed E-state index contributed by atoms with van der Waals surface area (Å²) in [6.07, 6.45) is 4.59. The van der Waals surface area contributed by atoms with Crippen LogP contribution in [0, 0.1) is 0 Å². The molecule has 1 saturated heterocycles. The van der Waals surface area contributed by atoms with Gasteiger partial charge in [0.15, 0.2) is 6.61 Å². The predicted molar refractivity (Wildman–Crippen MR) is 81.4 cm³/mol. The molecule has 2 N–H and O–H groups in total. The third-order valence-electron chi connectivity index (χ3n) is 3.80. The molecule has 21 heavy (non-hydrogen) atoms. The molecule has 0 aromatic heterocycles. The lowest BCUT2D eigenvalue weighted by Gasteiger charge is -2.20. The molecule has 0 radical (unpaired) electrons. The summed E-state index contributed by atoms with van der Waals surface area (Å²) in [5, 5.41) is 0. The van der Waals surface area contributed by atoms with Crippen molar-refractivity contribution in [2.45, 2.75) is 32.2 Å². The van der Waals surface area contributed by atoms with Gasteiger partial charge in [-0.15, -0.1) is 0 Å². The van der Waals surface area contributed by atoms with Crippen LogP contribution in [0.2, 0.25) is 0 Å². The molecule has 1 fully saturated rings. The Labute approximate surface area is 126 Å². The van der Waals surface area contributed by atoms with Crippen molar-refractivity contribution in [1.82, 2.24) is 4.90 Å². The first kappa shape index (κ1) is 15.6. The number of nitrogens with two attached hydrogens (primary N) is 1. The maximum absolute atomic E-state index is 12.2. The molecule has 0 aliphatic carbocycles. The van der Waals surface area contributed by atoms with Crippen LogP contribution in [0.1, 0.15) is 31.2 Å². The summed E-state index contributed by atoms with van der Waals surface area (Å²) in [7, 11) is 1.61. The molecule has 5 nitrogen and oxygen atoms in total. The fraction of sp³-hybridized carbons (Fsp3) is 0.562. The van der Waals surface area contributed by atoms with E-state index in [9.17, 15) is 4.79 Å². The molecule has 0 atom stereocenters. The number of carbonyl (C=O) groups excluding carboxylic acids is 1. The van der Waals surface area contributed by atoms with Crippen molar-refractivity contribution in [3.63, 3.8) is 0 Å². The van der Waals surface area contributed by atoms with Crippen LogP contribution in [0.25, 0.3) is 0 Å². The molecule has 1 aromatic carbocycles. The van der Waals surface area contributed by atoms with E-state index in [0.29, 0.717) is 12.3 Å². The molecule has 1 aliphatic heterocycles. The normalized spacial score (nSPS) is 15.4. The smallest absolute Gasteiger partial charge is 0.260 e.